The molecule has 1 saturated heterocycles. The van der Waals surface area contributed by atoms with E-state index >= 15 is 0 Å². The fraction of sp³-hybridized carbons (Fsp3) is 0.333. The molecule has 0 spiro atoms. The summed E-state index contributed by atoms with van der Waals surface area (Å²) in [5, 5.41) is 3.58. The summed E-state index contributed by atoms with van der Waals surface area (Å²) in [5.41, 5.74) is 4.11. The number of hydrogen-bond donors (Lipinski definition) is 2. The minimum Gasteiger partial charge on any atom is -0.370 e. The van der Waals surface area contributed by atoms with E-state index in [2.05, 4.69) is 29.4 Å². The lowest BCUT2D eigenvalue weighted by atomic mass is 10.1. The van der Waals surface area contributed by atoms with Crippen LogP contribution in [-0.2, 0) is 17.7 Å². The van der Waals surface area contributed by atoms with E-state index in [-0.39, 0.29) is 5.91 Å². The fourth-order valence-electron chi connectivity index (χ4n) is 3.31. The molecule has 4 rings (SSSR count). The highest BCUT2D eigenvalue weighted by Gasteiger charge is 2.15. The van der Waals surface area contributed by atoms with Crippen molar-refractivity contribution in [3.63, 3.8) is 0 Å². The number of ether oxygens (including phenoxy) is 1. The van der Waals surface area contributed by atoms with Gasteiger partial charge in [-0.3, -0.25) is 10.1 Å². The second-order valence-corrected chi connectivity index (χ2v) is 7.90. The van der Waals surface area contributed by atoms with E-state index < -0.39 is 0 Å². The van der Waals surface area contributed by atoms with Crippen LogP contribution in [0.1, 0.15) is 28.4 Å². The summed E-state index contributed by atoms with van der Waals surface area (Å²) in [7, 11) is 0. The van der Waals surface area contributed by atoms with E-state index in [9.17, 15) is 4.79 Å². The first kappa shape index (κ1) is 18.1. The number of amides is 1. The molecule has 0 aliphatic carbocycles. The number of hydrogen-bond acceptors (Lipinski definition) is 4. The molecule has 1 aromatic heterocycles. The van der Waals surface area contributed by atoms with Crippen molar-refractivity contribution in [3.05, 3.63) is 59.2 Å². The molecule has 6 heteroatoms. The van der Waals surface area contributed by atoms with Crippen molar-refractivity contribution in [1.29, 1.82) is 0 Å². The molecule has 5 nitrogen and oxygen atoms in total. The van der Waals surface area contributed by atoms with Crippen LogP contribution in [0, 0.1) is 0 Å². The lowest BCUT2D eigenvalue weighted by Crippen LogP contribution is -3.12. The second kappa shape index (κ2) is 8.17. The molecular weight excluding hydrogens is 358 g/mol. The van der Waals surface area contributed by atoms with Gasteiger partial charge in [-0.25, -0.2) is 4.98 Å². The van der Waals surface area contributed by atoms with Crippen molar-refractivity contribution >= 4 is 32.6 Å². The summed E-state index contributed by atoms with van der Waals surface area (Å²) >= 11 is 1.52. The average molecular weight is 383 g/mol. The van der Waals surface area contributed by atoms with E-state index in [1.165, 1.54) is 27.4 Å². The minimum absolute atomic E-state index is 0.116. The lowest BCUT2D eigenvalue weighted by Gasteiger charge is -2.23. The van der Waals surface area contributed by atoms with E-state index in [0.29, 0.717) is 10.7 Å². The Bertz CT molecular complexity index is 930. The molecule has 0 radical (unpaired) electrons. The highest BCUT2D eigenvalue weighted by atomic mass is 32.1. The summed E-state index contributed by atoms with van der Waals surface area (Å²) in [6.07, 6.45) is 0.994. The molecule has 2 N–H and O–H groups in total. The zero-order valence-corrected chi connectivity index (χ0v) is 16.3. The van der Waals surface area contributed by atoms with Crippen LogP contribution in [0.25, 0.3) is 10.2 Å². The van der Waals surface area contributed by atoms with Crippen molar-refractivity contribution in [2.24, 2.45) is 0 Å². The molecule has 1 aliphatic rings. The van der Waals surface area contributed by atoms with E-state index in [4.69, 9.17) is 4.74 Å². The zero-order valence-electron chi connectivity index (χ0n) is 15.5. The van der Waals surface area contributed by atoms with Gasteiger partial charge in [0.15, 0.2) is 5.13 Å². The standard InChI is InChI=1S/C21H23N3O2S/c1-2-15-5-8-18-19(13-15)27-21(22-18)23-20(25)17-6-3-16(4-7-17)14-24-9-11-26-12-10-24/h3-8,13H,2,9-12,14H2,1H3,(H,22,23,25)/p+1. The number of benzene rings is 2. The van der Waals surface area contributed by atoms with Gasteiger partial charge in [-0.1, -0.05) is 36.5 Å². The van der Waals surface area contributed by atoms with Crippen LogP contribution in [0.15, 0.2) is 42.5 Å². The molecular formula is C21H24N3O2S+. The van der Waals surface area contributed by atoms with Gasteiger partial charge in [-0.05, 0) is 36.2 Å². The quantitative estimate of drug-likeness (QED) is 0.713. The Hall–Kier alpha value is -2.28. The van der Waals surface area contributed by atoms with Gasteiger partial charge < -0.3 is 9.64 Å². The number of thiazole rings is 1. The monoisotopic (exact) mass is 382 g/mol. The number of carbonyl (C=O) groups excluding carboxylic acids is 1. The number of morpholine rings is 1. The Morgan fingerprint density at radius 1 is 1.15 bits per heavy atom. The van der Waals surface area contributed by atoms with E-state index in [0.717, 1.165) is 49.5 Å². The smallest absolute Gasteiger partial charge is 0.257 e. The Kier molecular flexibility index (Phi) is 5.48. The lowest BCUT2D eigenvalue weighted by molar-refractivity contribution is -0.921. The molecule has 140 valence electrons. The van der Waals surface area contributed by atoms with Crippen molar-refractivity contribution in [2.45, 2.75) is 19.9 Å². The summed E-state index contributed by atoms with van der Waals surface area (Å²) in [4.78, 5) is 18.6. The highest BCUT2D eigenvalue weighted by molar-refractivity contribution is 7.22. The predicted molar refractivity (Wildman–Crippen MR) is 109 cm³/mol. The average Bonchev–Trinajstić information content (AvgIpc) is 3.10. The minimum atomic E-state index is -0.116. The molecule has 0 bridgehead atoms. The maximum absolute atomic E-state index is 12.5. The maximum atomic E-state index is 12.5. The Morgan fingerprint density at radius 3 is 2.63 bits per heavy atom. The van der Waals surface area contributed by atoms with Gasteiger partial charge in [0.1, 0.15) is 19.6 Å². The molecule has 1 amide bonds. The number of quaternary nitrogens is 1. The van der Waals surface area contributed by atoms with Crippen LogP contribution in [0.5, 0.6) is 0 Å². The first-order valence-electron chi connectivity index (χ1n) is 9.42. The number of aromatic nitrogens is 1. The first-order valence-corrected chi connectivity index (χ1v) is 10.2. The highest BCUT2D eigenvalue weighted by Crippen LogP contribution is 2.27. The van der Waals surface area contributed by atoms with Crippen LogP contribution < -0.4 is 10.2 Å². The van der Waals surface area contributed by atoms with Crippen LogP contribution in [0.4, 0.5) is 5.13 Å². The van der Waals surface area contributed by atoms with Crippen molar-refractivity contribution in [1.82, 2.24) is 4.98 Å². The predicted octanol–water partition coefficient (Wildman–Crippen LogP) is 2.53. The third-order valence-electron chi connectivity index (χ3n) is 4.95. The third kappa shape index (κ3) is 4.35. The zero-order chi connectivity index (χ0) is 18.6. The second-order valence-electron chi connectivity index (χ2n) is 6.86. The van der Waals surface area contributed by atoms with Crippen LogP contribution >= 0.6 is 11.3 Å². The number of fused-ring (bicyclic) bond motifs is 1. The number of nitrogens with zero attached hydrogens (tertiary/aromatic N) is 1. The van der Waals surface area contributed by atoms with Gasteiger partial charge in [0, 0.05) is 11.1 Å². The van der Waals surface area contributed by atoms with Crippen LogP contribution in [-0.4, -0.2) is 37.2 Å². The van der Waals surface area contributed by atoms with Gasteiger partial charge in [-0.2, -0.15) is 0 Å². The maximum Gasteiger partial charge on any atom is 0.257 e. The normalized spacial score (nSPS) is 15.1. The van der Waals surface area contributed by atoms with Crippen molar-refractivity contribution in [3.8, 4) is 0 Å². The molecule has 2 heterocycles. The van der Waals surface area contributed by atoms with Gasteiger partial charge in [0.25, 0.3) is 5.91 Å². The number of rotatable bonds is 5. The molecule has 3 aromatic rings. The molecule has 2 aromatic carbocycles. The van der Waals surface area contributed by atoms with Crippen LogP contribution in [0.3, 0.4) is 0 Å². The number of aryl methyl sites for hydroxylation is 1. The van der Waals surface area contributed by atoms with Gasteiger partial charge in [0.05, 0.1) is 23.4 Å². The summed E-state index contributed by atoms with van der Waals surface area (Å²) in [5.74, 6) is -0.116. The summed E-state index contributed by atoms with van der Waals surface area (Å²) in [6, 6.07) is 14.1. The van der Waals surface area contributed by atoms with Crippen LogP contribution in [0.2, 0.25) is 0 Å². The van der Waals surface area contributed by atoms with Gasteiger partial charge >= 0.3 is 0 Å². The van der Waals surface area contributed by atoms with Crippen molar-refractivity contribution < 1.29 is 14.4 Å². The van der Waals surface area contributed by atoms with E-state index in [1.807, 2.05) is 30.3 Å². The number of nitrogens with one attached hydrogen (secondary N) is 2. The SMILES string of the molecule is CCc1ccc2nc(NC(=O)c3ccc(C[NH+]4CCOCC4)cc3)sc2c1. The van der Waals surface area contributed by atoms with Gasteiger partial charge in [-0.15, -0.1) is 0 Å². The summed E-state index contributed by atoms with van der Waals surface area (Å²) in [6.45, 7) is 6.85. The third-order valence-corrected chi connectivity index (χ3v) is 5.89. The summed E-state index contributed by atoms with van der Waals surface area (Å²) < 4.78 is 6.51. The molecule has 0 atom stereocenters. The Labute approximate surface area is 163 Å². The molecule has 0 saturated carbocycles. The molecule has 1 fully saturated rings. The van der Waals surface area contributed by atoms with Gasteiger partial charge in [0.2, 0.25) is 0 Å². The topological polar surface area (TPSA) is 55.7 Å². The molecule has 0 unspecified atom stereocenters. The van der Waals surface area contributed by atoms with Crippen molar-refractivity contribution in [2.75, 3.05) is 31.6 Å². The molecule has 1 aliphatic heterocycles. The largest absolute Gasteiger partial charge is 0.370 e. The Morgan fingerprint density at radius 2 is 1.89 bits per heavy atom. The first-order chi connectivity index (χ1) is 13.2. The fourth-order valence-corrected chi connectivity index (χ4v) is 4.24. The van der Waals surface area contributed by atoms with E-state index in [1.54, 1.807) is 0 Å². The Balaban J connectivity index is 1.41. The molecule has 27 heavy (non-hydrogen) atoms. The number of carbonyl (C=O) groups is 1. The number of anilines is 1.